The van der Waals surface area contributed by atoms with E-state index in [9.17, 15) is 0 Å². The van der Waals surface area contributed by atoms with Crippen molar-refractivity contribution in [2.45, 2.75) is 38.1 Å². The van der Waals surface area contributed by atoms with Gasteiger partial charge in [-0.1, -0.05) is 25.3 Å². The Hall–Kier alpha value is -2.08. The van der Waals surface area contributed by atoms with Gasteiger partial charge in [-0.05, 0) is 31.0 Å². The van der Waals surface area contributed by atoms with Gasteiger partial charge in [0.1, 0.15) is 6.34 Å². The number of hydrogen-bond acceptors (Lipinski definition) is 4. The van der Waals surface area contributed by atoms with Crippen LogP contribution in [0.3, 0.4) is 0 Å². The first-order valence-electron chi connectivity index (χ1n) is 9.22. The fourth-order valence-corrected chi connectivity index (χ4v) is 3.50. The van der Waals surface area contributed by atoms with Crippen molar-refractivity contribution in [3.05, 3.63) is 24.3 Å². The molecule has 0 radical (unpaired) electrons. The maximum atomic E-state index is 6.90. The molecule has 2 aliphatic rings. The van der Waals surface area contributed by atoms with Gasteiger partial charge in [0, 0.05) is 30.5 Å². The van der Waals surface area contributed by atoms with Gasteiger partial charge in [-0.3, -0.25) is 5.41 Å². The van der Waals surface area contributed by atoms with Crippen LogP contribution in [0.4, 0.5) is 11.4 Å². The summed E-state index contributed by atoms with van der Waals surface area (Å²) in [5.74, 6) is 0. The number of ether oxygens (including phenoxy) is 1. The molecule has 3 rings (SSSR count). The number of hydrogen-bond donors (Lipinski definition) is 4. The average molecular weight is 343 g/mol. The van der Waals surface area contributed by atoms with E-state index in [2.05, 4.69) is 45.2 Å². The first-order chi connectivity index (χ1) is 12.3. The summed E-state index contributed by atoms with van der Waals surface area (Å²) in [6.07, 6.45) is 9.21. The zero-order valence-corrected chi connectivity index (χ0v) is 14.8. The Kier molecular flexibility index (Phi) is 6.28. The highest BCUT2D eigenvalue weighted by molar-refractivity contribution is 5.68. The summed E-state index contributed by atoms with van der Waals surface area (Å²) in [4.78, 5) is 3.75. The van der Waals surface area contributed by atoms with Crippen LogP contribution in [-0.2, 0) is 4.74 Å². The third-order valence-corrected chi connectivity index (χ3v) is 5.04. The minimum absolute atomic E-state index is 0.0842. The van der Waals surface area contributed by atoms with E-state index in [4.69, 9.17) is 10.1 Å². The highest BCUT2D eigenvalue weighted by atomic mass is 16.5. The first kappa shape index (κ1) is 17.7. The molecule has 1 aromatic carbocycles. The van der Waals surface area contributed by atoms with E-state index in [0.717, 1.165) is 38.3 Å². The lowest BCUT2D eigenvalue weighted by Gasteiger charge is -2.41. The normalized spacial score (nSPS) is 20.0. The molecule has 1 saturated heterocycles. The quantitative estimate of drug-likeness (QED) is 0.410. The van der Waals surface area contributed by atoms with Crippen molar-refractivity contribution < 1.29 is 4.74 Å². The van der Waals surface area contributed by atoms with Crippen molar-refractivity contribution in [3.63, 3.8) is 0 Å². The van der Waals surface area contributed by atoms with E-state index < -0.39 is 0 Å². The molecule has 1 saturated carbocycles. The van der Waals surface area contributed by atoms with Crippen LogP contribution in [0.15, 0.2) is 29.3 Å². The number of nitrogens with zero attached hydrogens (tertiary/aromatic N) is 1. The standard InChI is InChI=1S/C19H29N5O/c20-14-22-15-21-10-19(12-25-13-19)11-23-17-7-4-8-18(9-17)24-16-5-2-1-3-6-16/h4,7-9,14-16,23-24H,1-3,5-6,10-13H2,(H2,20,21,22). The van der Waals surface area contributed by atoms with Gasteiger partial charge in [-0.25, -0.2) is 4.99 Å². The monoisotopic (exact) mass is 343 g/mol. The van der Waals surface area contributed by atoms with Crippen LogP contribution in [0.2, 0.25) is 0 Å². The van der Waals surface area contributed by atoms with Gasteiger partial charge in [0.25, 0.3) is 0 Å². The smallest absolute Gasteiger partial charge is 0.108 e. The lowest BCUT2D eigenvalue weighted by atomic mass is 9.85. The Morgan fingerprint density at radius 2 is 1.96 bits per heavy atom. The predicted molar refractivity (Wildman–Crippen MR) is 104 cm³/mol. The zero-order chi connectivity index (χ0) is 17.4. The molecule has 0 unspecified atom stereocenters. The molecule has 0 bridgehead atoms. The van der Waals surface area contributed by atoms with Crippen molar-refractivity contribution >= 4 is 24.1 Å². The van der Waals surface area contributed by atoms with Gasteiger partial charge in [0.05, 0.1) is 25.0 Å². The molecule has 2 fully saturated rings. The zero-order valence-electron chi connectivity index (χ0n) is 14.8. The number of nitrogens with one attached hydrogen (secondary N) is 4. The van der Waals surface area contributed by atoms with Crippen molar-refractivity contribution in [2.24, 2.45) is 10.4 Å². The molecular formula is C19H29N5O. The summed E-state index contributed by atoms with van der Waals surface area (Å²) >= 11 is 0. The minimum Gasteiger partial charge on any atom is -0.384 e. The largest absolute Gasteiger partial charge is 0.384 e. The highest BCUT2D eigenvalue weighted by Crippen LogP contribution is 2.28. The third kappa shape index (κ3) is 5.19. The maximum Gasteiger partial charge on any atom is 0.108 e. The topological polar surface area (TPSA) is 81.5 Å². The van der Waals surface area contributed by atoms with Gasteiger partial charge in [0.2, 0.25) is 0 Å². The van der Waals surface area contributed by atoms with Crippen LogP contribution in [0, 0.1) is 10.8 Å². The summed E-state index contributed by atoms with van der Waals surface area (Å²) in [6.45, 7) is 3.12. The average Bonchev–Trinajstić information content (AvgIpc) is 2.61. The first-order valence-corrected chi connectivity index (χ1v) is 9.22. The molecule has 6 nitrogen and oxygen atoms in total. The number of anilines is 2. The molecule has 1 aromatic rings. The fraction of sp³-hybridized carbons (Fsp3) is 0.579. The molecule has 136 valence electrons. The molecule has 1 aliphatic heterocycles. The van der Waals surface area contributed by atoms with Crippen LogP contribution in [0.1, 0.15) is 32.1 Å². The molecule has 4 N–H and O–H groups in total. The second-order valence-corrected chi connectivity index (χ2v) is 7.19. The van der Waals surface area contributed by atoms with Crippen LogP contribution < -0.4 is 16.0 Å². The Labute approximate surface area is 150 Å². The maximum absolute atomic E-state index is 6.90. The summed E-state index contributed by atoms with van der Waals surface area (Å²) in [5.41, 5.74) is 2.42. The minimum atomic E-state index is 0.0842. The molecule has 0 atom stereocenters. The molecular weight excluding hydrogens is 314 g/mol. The second-order valence-electron chi connectivity index (χ2n) is 7.19. The van der Waals surface area contributed by atoms with Crippen molar-refractivity contribution in [2.75, 3.05) is 36.9 Å². The lowest BCUT2D eigenvalue weighted by Crippen LogP contribution is -2.53. The molecule has 0 aromatic heterocycles. The Balaban J connectivity index is 1.50. The number of benzene rings is 1. The highest BCUT2D eigenvalue weighted by Gasteiger charge is 2.38. The molecule has 0 spiro atoms. The van der Waals surface area contributed by atoms with Crippen LogP contribution in [-0.4, -0.2) is 45.0 Å². The predicted octanol–water partition coefficient (Wildman–Crippen LogP) is 3.08. The van der Waals surface area contributed by atoms with Crippen LogP contribution in [0.5, 0.6) is 0 Å². The van der Waals surface area contributed by atoms with E-state index in [1.54, 1.807) is 6.34 Å². The molecule has 1 aliphatic carbocycles. The Bertz CT molecular complexity index is 579. The van der Waals surface area contributed by atoms with Gasteiger partial charge in [-0.15, -0.1) is 0 Å². The van der Waals surface area contributed by atoms with E-state index in [1.165, 1.54) is 37.8 Å². The van der Waals surface area contributed by atoms with Gasteiger partial charge >= 0.3 is 0 Å². The van der Waals surface area contributed by atoms with Crippen LogP contribution in [0.25, 0.3) is 0 Å². The molecule has 1 heterocycles. The lowest BCUT2D eigenvalue weighted by molar-refractivity contribution is -0.1000. The van der Waals surface area contributed by atoms with E-state index in [-0.39, 0.29) is 5.41 Å². The summed E-state index contributed by atoms with van der Waals surface area (Å²) in [5, 5.41) is 17.3. The summed E-state index contributed by atoms with van der Waals surface area (Å²) in [7, 11) is 0. The Morgan fingerprint density at radius 1 is 1.16 bits per heavy atom. The van der Waals surface area contributed by atoms with Crippen molar-refractivity contribution in [1.82, 2.24) is 5.32 Å². The second kappa shape index (κ2) is 8.85. The van der Waals surface area contributed by atoms with Crippen molar-refractivity contribution in [3.8, 4) is 0 Å². The molecule has 0 amide bonds. The summed E-state index contributed by atoms with van der Waals surface area (Å²) in [6, 6.07) is 9.19. The Morgan fingerprint density at radius 3 is 2.68 bits per heavy atom. The summed E-state index contributed by atoms with van der Waals surface area (Å²) < 4.78 is 5.43. The van der Waals surface area contributed by atoms with Gasteiger partial charge in [-0.2, -0.15) is 0 Å². The van der Waals surface area contributed by atoms with E-state index >= 15 is 0 Å². The number of rotatable bonds is 9. The van der Waals surface area contributed by atoms with E-state index in [1.807, 2.05) is 0 Å². The number of aliphatic imine (C=N–C) groups is 1. The van der Waals surface area contributed by atoms with E-state index in [0.29, 0.717) is 6.04 Å². The van der Waals surface area contributed by atoms with Crippen LogP contribution >= 0.6 is 0 Å². The fourth-order valence-electron chi connectivity index (χ4n) is 3.50. The molecule has 25 heavy (non-hydrogen) atoms. The van der Waals surface area contributed by atoms with Crippen molar-refractivity contribution in [1.29, 1.82) is 5.41 Å². The van der Waals surface area contributed by atoms with Gasteiger partial charge < -0.3 is 20.7 Å². The third-order valence-electron chi connectivity index (χ3n) is 5.04. The van der Waals surface area contributed by atoms with Gasteiger partial charge in [0.15, 0.2) is 0 Å². The SMILES string of the molecule is N=C/N=C\NCC1(CNc2cccc(NC3CCCCC3)c2)COC1. The molecule has 6 heteroatoms.